The van der Waals surface area contributed by atoms with Crippen molar-refractivity contribution in [3.05, 3.63) is 0 Å². The number of nitrogens with two attached hydrogens (primary N) is 1. The fraction of sp³-hybridized carbons (Fsp3) is 1.00. The van der Waals surface area contributed by atoms with E-state index < -0.39 is 0 Å². The zero-order valence-corrected chi connectivity index (χ0v) is 10.4. The van der Waals surface area contributed by atoms with E-state index in [-0.39, 0.29) is 0 Å². The predicted octanol–water partition coefficient (Wildman–Crippen LogP) is 1.86. The van der Waals surface area contributed by atoms with Crippen LogP contribution in [0.25, 0.3) is 0 Å². The zero-order valence-electron chi connectivity index (χ0n) is 8.74. The second-order valence-electron chi connectivity index (χ2n) is 4.18. The van der Waals surface area contributed by atoms with Crippen molar-refractivity contribution in [3.63, 3.8) is 0 Å². The number of nitrogens with one attached hydrogen (secondary N) is 1. The first-order valence-electron chi connectivity index (χ1n) is 5.56. The molecule has 1 saturated carbocycles. The van der Waals surface area contributed by atoms with Crippen molar-refractivity contribution in [1.82, 2.24) is 5.43 Å². The highest BCUT2D eigenvalue weighted by Gasteiger charge is 2.40. The van der Waals surface area contributed by atoms with Gasteiger partial charge in [-0.05, 0) is 25.2 Å². The Hall–Kier alpha value is 0.620. The second-order valence-corrected chi connectivity index (χ2v) is 6.82. The van der Waals surface area contributed by atoms with Gasteiger partial charge in [-0.25, -0.2) is 0 Å². The number of hydrazine groups is 1. The van der Waals surface area contributed by atoms with Crippen LogP contribution in [0.1, 0.15) is 26.2 Å². The summed E-state index contributed by atoms with van der Waals surface area (Å²) in [6, 6.07) is 0.567. The fourth-order valence-electron chi connectivity index (χ4n) is 2.23. The number of hydrogen-bond acceptors (Lipinski definition) is 4. The third kappa shape index (κ3) is 2.40. The molecule has 4 heteroatoms. The van der Waals surface area contributed by atoms with Crippen LogP contribution in [0.5, 0.6) is 0 Å². The Labute approximate surface area is 95.1 Å². The summed E-state index contributed by atoms with van der Waals surface area (Å²) in [5.41, 5.74) is 3.06. The van der Waals surface area contributed by atoms with E-state index in [2.05, 4.69) is 35.9 Å². The SMILES string of the molecule is CCC1SCCSC1C(NN)C1CC1. The second kappa shape index (κ2) is 5.10. The lowest BCUT2D eigenvalue weighted by Gasteiger charge is -2.35. The minimum absolute atomic E-state index is 0.567. The molecule has 1 aliphatic carbocycles. The molecule has 2 aliphatic rings. The molecular weight excluding hydrogens is 212 g/mol. The van der Waals surface area contributed by atoms with Gasteiger partial charge >= 0.3 is 0 Å². The van der Waals surface area contributed by atoms with E-state index in [4.69, 9.17) is 5.84 Å². The average molecular weight is 232 g/mol. The standard InChI is InChI=1S/C10H20N2S2/c1-2-8-10(14-6-5-13-8)9(12-11)7-3-4-7/h7-10,12H,2-6,11H2,1H3. The fourth-order valence-corrected chi connectivity index (χ4v) is 5.55. The van der Waals surface area contributed by atoms with Crippen LogP contribution in [0.15, 0.2) is 0 Å². The lowest BCUT2D eigenvalue weighted by Crippen LogP contribution is -2.49. The molecular formula is C10H20N2S2. The minimum Gasteiger partial charge on any atom is -0.271 e. The van der Waals surface area contributed by atoms with Crippen molar-refractivity contribution in [2.24, 2.45) is 11.8 Å². The first-order valence-corrected chi connectivity index (χ1v) is 7.66. The normalized spacial score (nSPS) is 35.6. The van der Waals surface area contributed by atoms with Crippen LogP contribution in [-0.2, 0) is 0 Å². The number of hydrogen-bond donors (Lipinski definition) is 2. The van der Waals surface area contributed by atoms with Crippen LogP contribution in [0, 0.1) is 5.92 Å². The quantitative estimate of drug-likeness (QED) is 0.573. The van der Waals surface area contributed by atoms with E-state index in [1.165, 1.54) is 30.8 Å². The van der Waals surface area contributed by atoms with Crippen molar-refractivity contribution in [1.29, 1.82) is 0 Å². The van der Waals surface area contributed by atoms with Gasteiger partial charge in [-0.1, -0.05) is 6.92 Å². The molecule has 82 valence electrons. The lowest BCUT2D eigenvalue weighted by atomic mass is 10.1. The van der Waals surface area contributed by atoms with Gasteiger partial charge in [0.05, 0.1) is 0 Å². The van der Waals surface area contributed by atoms with Gasteiger partial charge < -0.3 is 0 Å². The predicted molar refractivity (Wildman–Crippen MR) is 66.6 cm³/mol. The summed E-state index contributed by atoms with van der Waals surface area (Å²) in [6.45, 7) is 2.30. The number of rotatable bonds is 4. The smallest absolute Gasteiger partial charge is 0.0368 e. The van der Waals surface area contributed by atoms with Gasteiger partial charge in [0.2, 0.25) is 0 Å². The maximum absolute atomic E-state index is 5.69. The van der Waals surface area contributed by atoms with Gasteiger partial charge in [-0.15, -0.1) is 0 Å². The van der Waals surface area contributed by atoms with Crippen LogP contribution in [-0.4, -0.2) is 28.0 Å². The van der Waals surface area contributed by atoms with E-state index in [1.54, 1.807) is 0 Å². The van der Waals surface area contributed by atoms with Gasteiger partial charge in [-0.3, -0.25) is 11.3 Å². The lowest BCUT2D eigenvalue weighted by molar-refractivity contribution is 0.447. The maximum Gasteiger partial charge on any atom is 0.0368 e. The molecule has 0 radical (unpaired) electrons. The van der Waals surface area contributed by atoms with Gasteiger partial charge in [-0.2, -0.15) is 23.5 Å². The van der Waals surface area contributed by atoms with Crippen molar-refractivity contribution in [2.45, 2.75) is 42.7 Å². The van der Waals surface area contributed by atoms with Gasteiger partial charge in [0.1, 0.15) is 0 Å². The summed E-state index contributed by atoms with van der Waals surface area (Å²) in [5, 5.41) is 1.56. The molecule has 3 N–H and O–H groups in total. The zero-order chi connectivity index (χ0) is 9.97. The molecule has 1 saturated heterocycles. The summed E-state index contributed by atoms with van der Waals surface area (Å²) in [7, 11) is 0. The maximum atomic E-state index is 5.69. The summed E-state index contributed by atoms with van der Waals surface area (Å²) in [5.74, 6) is 9.18. The Morgan fingerprint density at radius 2 is 2.07 bits per heavy atom. The van der Waals surface area contributed by atoms with Gasteiger partial charge in [0, 0.05) is 28.0 Å². The van der Waals surface area contributed by atoms with Crippen LogP contribution < -0.4 is 11.3 Å². The monoisotopic (exact) mass is 232 g/mol. The van der Waals surface area contributed by atoms with Crippen molar-refractivity contribution < 1.29 is 0 Å². The molecule has 1 heterocycles. The third-order valence-electron chi connectivity index (χ3n) is 3.17. The highest BCUT2D eigenvalue weighted by atomic mass is 32.2. The summed E-state index contributed by atoms with van der Waals surface area (Å²) < 4.78 is 0. The molecule has 3 atom stereocenters. The van der Waals surface area contributed by atoms with E-state index in [9.17, 15) is 0 Å². The number of thioether (sulfide) groups is 2. The Morgan fingerprint density at radius 1 is 1.36 bits per heavy atom. The topological polar surface area (TPSA) is 38.0 Å². The first-order chi connectivity index (χ1) is 6.86. The molecule has 0 bridgehead atoms. The Bertz CT molecular complexity index is 185. The highest BCUT2D eigenvalue weighted by molar-refractivity contribution is 8.07. The molecule has 2 fully saturated rings. The summed E-state index contributed by atoms with van der Waals surface area (Å²) in [6.07, 6.45) is 4.05. The summed E-state index contributed by atoms with van der Waals surface area (Å²) >= 11 is 4.28. The van der Waals surface area contributed by atoms with Crippen molar-refractivity contribution in [3.8, 4) is 0 Å². The molecule has 0 aromatic rings. The Kier molecular flexibility index (Phi) is 4.05. The Morgan fingerprint density at radius 3 is 2.64 bits per heavy atom. The van der Waals surface area contributed by atoms with Crippen molar-refractivity contribution >= 4 is 23.5 Å². The van der Waals surface area contributed by atoms with Crippen LogP contribution in [0.4, 0.5) is 0 Å². The average Bonchev–Trinajstić information content (AvgIpc) is 3.04. The van der Waals surface area contributed by atoms with Gasteiger partial charge in [0.25, 0.3) is 0 Å². The Balaban J connectivity index is 1.96. The van der Waals surface area contributed by atoms with E-state index >= 15 is 0 Å². The molecule has 1 aliphatic heterocycles. The molecule has 0 amide bonds. The molecule has 14 heavy (non-hydrogen) atoms. The molecule has 0 spiro atoms. The largest absolute Gasteiger partial charge is 0.271 e. The molecule has 0 aromatic carbocycles. The van der Waals surface area contributed by atoms with E-state index in [1.807, 2.05) is 0 Å². The molecule has 2 rings (SSSR count). The first kappa shape index (κ1) is 11.1. The molecule has 3 unspecified atom stereocenters. The summed E-state index contributed by atoms with van der Waals surface area (Å²) in [4.78, 5) is 0. The third-order valence-corrected chi connectivity index (χ3v) is 6.54. The minimum atomic E-state index is 0.567. The highest BCUT2D eigenvalue weighted by Crippen LogP contribution is 2.42. The van der Waals surface area contributed by atoms with Crippen LogP contribution in [0.3, 0.4) is 0 Å². The van der Waals surface area contributed by atoms with Crippen LogP contribution >= 0.6 is 23.5 Å². The molecule has 2 nitrogen and oxygen atoms in total. The van der Waals surface area contributed by atoms with Crippen molar-refractivity contribution in [2.75, 3.05) is 11.5 Å². The van der Waals surface area contributed by atoms with Crippen LogP contribution in [0.2, 0.25) is 0 Å². The molecule has 0 aromatic heterocycles. The van der Waals surface area contributed by atoms with E-state index in [0.29, 0.717) is 6.04 Å². The van der Waals surface area contributed by atoms with E-state index in [0.717, 1.165) is 16.4 Å². The van der Waals surface area contributed by atoms with Gasteiger partial charge in [0.15, 0.2) is 0 Å².